The summed E-state index contributed by atoms with van der Waals surface area (Å²) in [6, 6.07) is 7.57. The van der Waals surface area contributed by atoms with Gasteiger partial charge in [0.2, 0.25) is 0 Å². The fourth-order valence-corrected chi connectivity index (χ4v) is 3.32. The number of carbonyl (C=O) groups excluding carboxylic acids is 1. The van der Waals surface area contributed by atoms with Crippen molar-refractivity contribution in [1.29, 1.82) is 0 Å². The van der Waals surface area contributed by atoms with E-state index in [2.05, 4.69) is 11.8 Å². The topological polar surface area (TPSA) is 55.8 Å². The minimum Gasteiger partial charge on any atom is -0.399 e. The quantitative estimate of drug-likeness (QED) is 0.622. The fraction of sp³-hybridized carbons (Fsp3) is 0.571. The maximum Gasteiger partial charge on any atom is 0.494 e. The number of hydrogen-bond donors (Lipinski definition) is 1. The zero-order valence-corrected chi connectivity index (χ0v) is 16.5. The lowest BCUT2D eigenvalue weighted by Crippen LogP contribution is -2.41. The first-order valence-electron chi connectivity index (χ1n) is 9.12. The molecule has 0 radical (unpaired) electrons. The van der Waals surface area contributed by atoms with Crippen LogP contribution in [0, 0.1) is 17.3 Å². The molecule has 5 heteroatoms. The van der Waals surface area contributed by atoms with E-state index in [-0.39, 0.29) is 5.78 Å². The Bertz CT molecular complexity index is 784. The number of Topliss-reactive ketones (excluding diaryl/α,β-unsaturated/α-hetero) is 1. The Morgan fingerprint density at radius 3 is 2.19 bits per heavy atom. The summed E-state index contributed by atoms with van der Waals surface area (Å²) in [7, 11) is -0.461. The zero-order chi connectivity index (χ0) is 19.4. The van der Waals surface area contributed by atoms with Crippen LogP contribution in [0.2, 0.25) is 0 Å². The molecule has 1 heterocycles. The van der Waals surface area contributed by atoms with Crippen LogP contribution in [0.5, 0.6) is 0 Å². The van der Waals surface area contributed by atoms with Crippen molar-refractivity contribution >= 4 is 18.4 Å². The molecule has 2 aliphatic rings. The second kappa shape index (κ2) is 5.95. The average Bonchev–Trinajstić information content (AvgIpc) is 2.90. The largest absolute Gasteiger partial charge is 0.494 e. The molecule has 0 spiro atoms. The third kappa shape index (κ3) is 3.22. The molecule has 0 bridgehead atoms. The smallest absolute Gasteiger partial charge is 0.399 e. The lowest BCUT2D eigenvalue weighted by Gasteiger charge is -2.32. The van der Waals surface area contributed by atoms with Crippen LogP contribution < -0.4 is 5.46 Å². The summed E-state index contributed by atoms with van der Waals surface area (Å²) in [6.07, 6.45) is 1.02. The second-order valence-electron chi connectivity index (χ2n) is 9.04. The van der Waals surface area contributed by atoms with Gasteiger partial charge in [-0.05, 0) is 58.1 Å². The van der Waals surface area contributed by atoms with Crippen molar-refractivity contribution in [2.75, 3.05) is 0 Å². The van der Waals surface area contributed by atoms with Crippen LogP contribution in [0.15, 0.2) is 24.3 Å². The van der Waals surface area contributed by atoms with Gasteiger partial charge in [-0.1, -0.05) is 37.8 Å². The van der Waals surface area contributed by atoms with E-state index in [0.29, 0.717) is 12.8 Å². The van der Waals surface area contributed by atoms with Crippen LogP contribution in [0.1, 0.15) is 59.9 Å². The summed E-state index contributed by atoms with van der Waals surface area (Å²) in [5.74, 6) is 5.58. The first-order valence-corrected chi connectivity index (χ1v) is 9.12. The van der Waals surface area contributed by atoms with Gasteiger partial charge < -0.3 is 14.4 Å². The Morgan fingerprint density at radius 2 is 1.65 bits per heavy atom. The first kappa shape index (κ1) is 19.2. The maximum absolute atomic E-state index is 12.4. The highest BCUT2D eigenvalue weighted by atomic mass is 16.7. The van der Waals surface area contributed by atoms with Gasteiger partial charge in [-0.3, -0.25) is 4.79 Å². The Hall–Kier alpha value is -1.61. The van der Waals surface area contributed by atoms with Crippen molar-refractivity contribution in [3.8, 4) is 11.8 Å². The number of rotatable bonds is 1. The van der Waals surface area contributed by atoms with Crippen molar-refractivity contribution in [2.24, 2.45) is 5.41 Å². The Morgan fingerprint density at radius 1 is 1.04 bits per heavy atom. The standard InChI is InChI=1S/C21H27BO4/c1-18(2)12-13-21(24,17(18)23)11-10-15-8-7-9-16(14-15)22-25-19(3,4)20(5,6)26-22/h7-9,14,24H,12-13H2,1-6H3/t21-/m0/s1. The zero-order valence-electron chi connectivity index (χ0n) is 16.5. The van der Waals surface area contributed by atoms with E-state index in [4.69, 9.17) is 9.31 Å². The number of ketones is 1. The van der Waals surface area contributed by atoms with Crippen LogP contribution in [-0.4, -0.2) is 34.8 Å². The van der Waals surface area contributed by atoms with Crippen molar-refractivity contribution < 1.29 is 19.2 Å². The van der Waals surface area contributed by atoms with Gasteiger partial charge in [0.05, 0.1) is 11.2 Å². The van der Waals surface area contributed by atoms with E-state index in [1.165, 1.54) is 0 Å². The Kier molecular flexibility index (Phi) is 4.39. The lowest BCUT2D eigenvalue weighted by atomic mass is 9.78. The normalized spacial score (nSPS) is 28.7. The molecule has 1 aliphatic carbocycles. The van der Waals surface area contributed by atoms with E-state index >= 15 is 0 Å². The molecule has 1 aromatic rings. The number of carbonyl (C=O) groups is 1. The molecule has 1 saturated heterocycles. The van der Waals surface area contributed by atoms with Crippen molar-refractivity contribution in [3.05, 3.63) is 29.8 Å². The summed E-state index contributed by atoms with van der Waals surface area (Å²) in [6.45, 7) is 11.8. The second-order valence-corrected chi connectivity index (χ2v) is 9.04. The van der Waals surface area contributed by atoms with E-state index in [1.54, 1.807) is 0 Å². The van der Waals surface area contributed by atoms with E-state index in [0.717, 1.165) is 11.0 Å². The number of benzene rings is 1. The minimum absolute atomic E-state index is 0.195. The molecule has 0 aromatic heterocycles. The number of aliphatic hydroxyl groups is 1. The van der Waals surface area contributed by atoms with Crippen LogP contribution in [0.3, 0.4) is 0 Å². The molecule has 138 valence electrons. The molecule has 0 unspecified atom stereocenters. The van der Waals surface area contributed by atoms with Gasteiger partial charge in [-0.15, -0.1) is 0 Å². The number of hydrogen-bond acceptors (Lipinski definition) is 4. The molecule has 26 heavy (non-hydrogen) atoms. The van der Waals surface area contributed by atoms with Gasteiger partial charge in [0.15, 0.2) is 11.4 Å². The summed E-state index contributed by atoms with van der Waals surface area (Å²) >= 11 is 0. The first-order chi connectivity index (χ1) is 11.9. The van der Waals surface area contributed by atoms with Crippen molar-refractivity contribution in [1.82, 2.24) is 0 Å². The van der Waals surface area contributed by atoms with E-state index < -0.39 is 29.3 Å². The van der Waals surface area contributed by atoms with Gasteiger partial charge in [-0.2, -0.15) is 0 Å². The predicted molar refractivity (Wildman–Crippen MR) is 102 cm³/mol. The van der Waals surface area contributed by atoms with Crippen LogP contribution in [0.25, 0.3) is 0 Å². The Labute approximate surface area is 156 Å². The molecule has 4 nitrogen and oxygen atoms in total. The summed E-state index contributed by atoms with van der Waals surface area (Å²) in [5.41, 5.74) is -1.28. The van der Waals surface area contributed by atoms with Crippen LogP contribution in [0.4, 0.5) is 0 Å². The molecule has 1 saturated carbocycles. The highest BCUT2D eigenvalue weighted by Crippen LogP contribution is 2.40. The third-order valence-electron chi connectivity index (χ3n) is 5.93. The molecular weight excluding hydrogens is 327 g/mol. The third-order valence-corrected chi connectivity index (χ3v) is 5.93. The molecule has 0 amide bonds. The van der Waals surface area contributed by atoms with Gasteiger partial charge in [0, 0.05) is 11.0 Å². The van der Waals surface area contributed by atoms with Crippen LogP contribution >= 0.6 is 0 Å². The van der Waals surface area contributed by atoms with Crippen molar-refractivity contribution in [3.63, 3.8) is 0 Å². The SMILES string of the molecule is CC1(C)CC[C@@](O)(C#Cc2cccc(B3OC(C)(C)C(C)(C)O3)c2)C1=O. The Balaban J connectivity index is 1.84. The molecular formula is C21H27BO4. The van der Waals surface area contributed by atoms with E-state index in [9.17, 15) is 9.90 Å². The average molecular weight is 354 g/mol. The fourth-order valence-electron chi connectivity index (χ4n) is 3.32. The highest BCUT2D eigenvalue weighted by Gasteiger charge is 2.52. The molecule has 3 rings (SSSR count). The molecule has 1 N–H and O–H groups in total. The molecule has 1 atom stereocenters. The van der Waals surface area contributed by atoms with E-state index in [1.807, 2.05) is 65.8 Å². The predicted octanol–water partition coefficient (Wildman–Crippen LogP) is 2.46. The monoisotopic (exact) mass is 354 g/mol. The maximum atomic E-state index is 12.4. The highest BCUT2D eigenvalue weighted by molar-refractivity contribution is 6.62. The molecule has 2 fully saturated rings. The summed E-state index contributed by atoms with van der Waals surface area (Å²) in [4.78, 5) is 12.4. The van der Waals surface area contributed by atoms with Gasteiger partial charge in [-0.25, -0.2) is 0 Å². The molecule has 1 aromatic carbocycles. The van der Waals surface area contributed by atoms with Crippen molar-refractivity contribution in [2.45, 2.75) is 71.2 Å². The molecule has 1 aliphatic heterocycles. The summed E-state index contributed by atoms with van der Waals surface area (Å²) < 4.78 is 12.1. The van der Waals surface area contributed by atoms with Crippen LogP contribution in [-0.2, 0) is 14.1 Å². The van der Waals surface area contributed by atoms with Gasteiger partial charge in [0.1, 0.15) is 0 Å². The summed E-state index contributed by atoms with van der Waals surface area (Å²) in [5, 5.41) is 10.6. The lowest BCUT2D eigenvalue weighted by molar-refractivity contribution is -0.135. The van der Waals surface area contributed by atoms with Gasteiger partial charge >= 0.3 is 7.12 Å². The van der Waals surface area contributed by atoms with Gasteiger partial charge in [0.25, 0.3) is 0 Å². The minimum atomic E-state index is -1.55.